The SMILES string of the molecule is CCc1cn(CC(C)N)c2ccc(F)cc12. The first-order chi connectivity index (χ1) is 7.61. The number of aryl methyl sites for hydroxylation is 1. The molecule has 0 radical (unpaired) electrons. The summed E-state index contributed by atoms with van der Waals surface area (Å²) in [6.07, 6.45) is 2.99. The zero-order chi connectivity index (χ0) is 11.7. The lowest BCUT2D eigenvalue weighted by Gasteiger charge is -2.07. The quantitative estimate of drug-likeness (QED) is 0.847. The molecular formula is C13H17FN2. The molecule has 1 aromatic carbocycles. The Kier molecular flexibility index (Phi) is 2.97. The second-order valence-electron chi connectivity index (χ2n) is 4.30. The number of nitrogens with zero attached hydrogens (tertiary/aromatic N) is 1. The molecule has 16 heavy (non-hydrogen) atoms. The zero-order valence-electron chi connectivity index (χ0n) is 9.70. The molecule has 0 aliphatic carbocycles. The number of hydrogen-bond donors (Lipinski definition) is 1. The van der Waals surface area contributed by atoms with Gasteiger partial charge in [-0.2, -0.15) is 0 Å². The Balaban J connectivity index is 2.58. The van der Waals surface area contributed by atoms with Gasteiger partial charge < -0.3 is 10.3 Å². The minimum atomic E-state index is -0.180. The molecule has 0 fully saturated rings. The van der Waals surface area contributed by atoms with Crippen LogP contribution in [0.3, 0.4) is 0 Å². The molecule has 0 amide bonds. The van der Waals surface area contributed by atoms with Crippen LogP contribution < -0.4 is 5.73 Å². The average Bonchev–Trinajstić information content (AvgIpc) is 2.55. The molecule has 2 aromatic rings. The highest BCUT2D eigenvalue weighted by atomic mass is 19.1. The van der Waals surface area contributed by atoms with Gasteiger partial charge in [-0.25, -0.2) is 4.39 Å². The van der Waals surface area contributed by atoms with Crippen LogP contribution >= 0.6 is 0 Å². The number of hydrogen-bond acceptors (Lipinski definition) is 1. The van der Waals surface area contributed by atoms with Crippen LogP contribution in [0.2, 0.25) is 0 Å². The van der Waals surface area contributed by atoms with E-state index >= 15 is 0 Å². The van der Waals surface area contributed by atoms with Gasteiger partial charge in [0.05, 0.1) is 0 Å². The summed E-state index contributed by atoms with van der Waals surface area (Å²) in [5.74, 6) is -0.180. The lowest BCUT2D eigenvalue weighted by Crippen LogP contribution is -2.21. The molecule has 0 aliphatic rings. The van der Waals surface area contributed by atoms with Crippen LogP contribution in [0.1, 0.15) is 19.4 Å². The minimum absolute atomic E-state index is 0.102. The van der Waals surface area contributed by atoms with Gasteiger partial charge in [0.15, 0.2) is 0 Å². The molecule has 2 nitrogen and oxygen atoms in total. The number of benzene rings is 1. The highest BCUT2D eigenvalue weighted by Gasteiger charge is 2.09. The number of halogens is 1. The molecule has 2 N–H and O–H groups in total. The normalized spacial score (nSPS) is 13.2. The molecule has 0 bridgehead atoms. The Morgan fingerprint density at radius 1 is 1.44 bits per heavy atom. The molecule has 0 aliphatic heterocycles. The standard InChI is InChI=1S/C13H17FN2/c1-3-10-8-16(7-9(2)15)13-5-4-11(14)6-12(10)13/h4-6,8-9H,3,7,15H2,1-2H3. The molecule has 86 valence electrons. The first kappa shape index (κ1) is 11.1. The van der Waals surface area contributed by atoms with Gasteiger partial charge in [0.2, 0.25) is 0 Å². The van der Waals surface area contributed by atoms with E-state index in [0.29, 0.717) is 0 Å². The summed E-state index contributed by atoms with van der Waals surface area (Å²) in [6, 6.07) is 5.03. The van der Waals surface area contributed by atoms with E-state index in [1.54, 1.807) is 6.07 Å². The Morgan fingerprint density at radius 3 is 2.81 bits per heavy atom. The van der Waals surface area contributed by atoms with Gasteiger partial charge in [0, 0.05) is 29.7 Å². The van der Waals surface area contributed by atoms with Crippen LogP contribution in [0.25, 0.3) is 10.9 Å². The third-order valence-corrected chi connectivity index (χ3v) is 2.79. The third-order valence-electron chi connectivity index (χ3n) is 2.79. The molecule has 1 unspecified atom stereocenters. The monoisotopic (exact) mass is 220 g/mol. The van der Waals surface area contributed by atoms with Gasteiger partial charge in [-0.1, -0.05) is 6.92 Å². The van der Waals surface area contributed by atoms with Crippen molar-refractivity contribution in [1.29, 1.82) is 0 Å². The smallest absolute Gasteiger partial charge is 0.123 e. The van der Waals surface area contributed by atoms with Crippen molar-refractivity contribution in [2.75, 3.05) is 0 Å². The van der Waals surface area contributed by atoms with E-state index in [4.69, 9.17) is 5.73 Å². The predicted octanol–water partition coefficient (Wildman–Crippen LogP) is 2.69. The Bertz CT molecular complexity index is 500. The van der Waals surface area contributed by atoms with Crippen LogP contribution in [0, 0.1) is 5.82 Å². The van der Waals surface area contributed by atoms with Crippen LogP contribution in [0.5, 0.6) is 0 Å². The van der Waals surface area contributed by atoms with E-state index in [0.717, 1.165) is 23.9 Å². The van der Waals surface area contributed by atoms with Gasteiger partial charge in [0.1, 0.15) is 5.82 Å². The summed E-state index contributed by atoms with van der Waals surface area (Å²) in [4.78, 5) is 0. The van der Waals surface area contributed by atoms with E-state index in [-0.39, 0.29) is 11.9 Å². The van der Waals surface area contributed by atoms with Crippen molar-refractivity contribution < 1.29 is 4.39 Å². The summed E-state index contributed by atoms with van der Waals surface area (Å²) < 4.78 is 15.3. The van der Waals surface area contributed by atoms with Crippen molar-refractivity contribution in [3.63, 3.8) is 0 Å². The fraction of sp³-hybridized carbons (Fsp3) is 0.385. The van der Waals surface area contributed by atoms with E-state index < -0.39 is 0 Å². The van der Waals surface area contributed by atoms with E-state index in [9.17, 15) is 4.39 Å². The highest BCUT2D eigenvalue weighted by Crippen LogP contribution is 2.23. The van der Waals surface area contributed by atoms with Gasteiger partial charge in [0.25, 0.3) is 0 Å². The van der Waals surface area contributed by atoms with Crippen molar-refractivity contribution in [2.24, 2.45) is 5.73 Å². The van der Waals surface area contributed by atoms with E-state index in [1.165, 1.54) is 11.6 Å². The minimum Gasteiger partial charge on any atom is -0.346 e. The first-order valence-corrected chi connectivity index (χ1v) is 5.64. The highest BCUT2D eigenvalue weighted by molar-refractivity contribution is 5.84. The number of rotatable bonds is 3. The first-order valence-electron chi connectivity index (χ1n) is 5.64. The van der Waals surface area contributed by atoms with Crippen LogP contribution in [-0.4, -0.2) is 10.6 Å². The largest absolute Gasteiger partial charge is 0.346 e. The van der Waals surface area contributed by atoms with Gasteiger partial charge >= 0.3 is 0 Å². The van der Waals surface area contributed by atoms with Crippen LogP contribution in [0.4, 0.5) is 4.39 Å². The molecule has 3 heteroatoms. The van der Waals surface area contributed by atoms with E-state index in [1.807, 2.05) is 13.0 Å². The Hall–Kier alpha value is -1.35. The summed E-state index contributed by atoms with van der Waals surface area (Å²) in [5, 5.41) is 1.00. The van der Waals surface area contributed by atoms with Crippen molar-refractivity contribution in [2.45, 2.75) is 32.9 Å². The summed E-state index contributed by atoms with van der Waals surface area (Å²) in [7, 11) is 0. The maximum atomic E-state index is 13.2. The number of nitrogens with two attached hydrogens (primary N) is 1. The Morgan fingerprint density at radius 2 is 2.19 bits per heavy atom. The lowest BCUT2D eigenvalue weighted by molar-refractivity contribution is 0.603. The Labute approximate surface area is 94.9 Å². The fourth-order valence-corrected chi connectivity index (χ4v) is 2.09. The molecular weight excluding hydrogens is 203 g/mol. The molecule has 0 spiro atoms. The van der Waals surface area contributed by atoms with Crippen molar-refractivity contribution in [1.82, 2.24) is 4.57 Å². The maximum Gasteiger partial charge on any atom is 0.123 e. The summed E-state index contributed by atoms with van der Waals surface area (Å²) >= 11 is 0. The van der Waals surface area contributed by atoms with Crippen molar-refractivity contribution in [3.8, 4) is 0 Å². The van der Waals surface area contributed by atoms with Crippen LogP contribution in [0.15, 0.2) is 24.4 Å². The molecule has 0 saturated carbocycles. The molecule has 2 rings (SSSR count). The second kappa shape index (κ2) is 4.26. The molecule has 0 saturated heterocycles. The van der Waals surface area contributed by atoms with Gasteiger partial charge in [-0.05, 0) is 37.1 Å². The van der Waals surface area contributed by atoms with Gasteiger partial charge in [-0.15, -0.1) is 0 Å². The fourth-order valence-electron chi connectivity index (χ4n) is 2.09. The van der Waals surface area contributed by atoms with Crippen LogP contribution in [-0.2, 0) is 13.0 Å². The van der Waals surface area contributed by atoms with Crippen molar-refractivity contribution in [3.05, 3.63) is 35.8 Å². The van der Waals surface area contributed by atoms with Gasteiger partial charge in [-0.3, -0.25) is 0 Å². The predicted molar refractivity (Wildman–Crippen MR) is 64.9 cm³/mol. The molecule has 1 aromatic heterocycles. The summed E-state index contributed by atoms with van der Waals surface area (Å²) in [6.45, 7) is 4.82. The maximum absolute atomic E-state index is 13.2. The summed E-state index contributed by atoms with van der Waals surface area (Å²) in [5.41, 5.74) is 8.04. The topological polar surface area (TPSA) is 30.9 Å². The van der Waals surface area contributed by atoms with E-state index in [2.05, 4.69) is 17.7 Å². The second-order valence-corrected chi connectivity index (χ2v) is 4.30. The average molecular weight is 220 g/mol. The van der Waals surface area contributed by atoms with Crippen molar-refractivity contribution >= 4 is 10.9 Å². The molecule has 1 heterocycles. The third kappa shape index (κ3) is 1.95. The number of fused-ring (bicyclic) bond motifs is 1. The number of aromatic nitrogens is 1. The molecule has 1 atom stereocenters. The zero-order valence-corrected chi connectivity index (χ0v) is 9.70. The lowest BCUT2D eigenvalue weighted by atomic mass is 10.1.